The molecule has 0 unspecified atom stereocenters. The minimum Gasteiger partial charge on any atom is -0.504 e. The van der Waals surface area contributed by atoms with E-state index < -0.39 is 17.1 Å². The van der Waals surface area contributed by atoms with E-state index in [4.69, 9.17) is 4.74 Å². The Bertz CT molecular complexity index is 1300. The van der Waals surface area contributed by atoms with Crippen LogP contribution >= 0.6 is 0 Å². The standard InChI is InChI=1S/C23H20N2O4/c26-15-6-5-11-9-16-23(28)10-13-18(25-14-4-2-1-3-12(14)19(13)27)21-22(23,7-8-24-16)17(11)20(15)29-21/h1-6,16,21,24,26,28H,7-10H2,(H,25,27)/t16-,21-,22-,23+/m0/s1. The van der Waals surface area contributed by atoms with Gasteiger partial charge in [0, 0.05) is 34.5 Å². The molecule has 4 aliphatic rings. The van der Waals surface area contributed by atoms with E-state index in [9.17, 15) is 15.0 Å². The van der Waals surface area contributed by atoms with Crippen LogP contribution in [0.5, 0.6) is 11.5 Å². The summed E-state index contributed by atoms with van der Waals surface area (Å²) in [5.74, 6) is 0.560. The van der Waals surface area contributed by atoms with E-state index in [1.807, 2.05) is 30.3 Å². The van der Waals surface area contributed by atoms with Gasteiger partial charge in [-0.05, 0) is 43.1 Å². The molecule has 3 heterocycles. The Morgan fingerprint density at radius 1 is 1.17 bits per heavy atom. The van der Waals surface area contributed by atoms with Crippen molar-refractivity contribution in [3.63, 3.8) is 0 Å². The molecule has 4 atom stereocenters. The quantitative estimate of drug-likeness (QED) is 0.471. The molecule has 2 aromatic carbocycles. The molecule has 7 rings (SSSR count). The molecule has 1 fully saturated rings. The van der Waals surface area contributed by atoms with Crippen molar-refractivity contribution < 1.29 is 14.9 Å². The monoisotopic (exact) mass is 388 g/mol. The van der Waals surface area contributed by atoms with Gasteiger partial charge in [0.25, 0.3) is 0 Å². The SMILES string of the molecule is O=c1c2c([nH]c3ccccc13)[C@@H]1Oc3c(O)ccc4c3[C@@]13CCN[C@@H](C4)[C@]3(O)C2. The van der Waals surface area contributed by atoms with Crippen LogP contribution in [0, 0.1) is 0 Å². The van der Waals surface area contributed by atoms with E-state index in [1.165, 1.54) is 0 Å². The van der Waals surface area contributed by atoms with Crippen LogP contribution in [0.2, 0.25) is 0 Å². The molecular formula is C23H20N2O4. The molecule has 2 aliphatic heterocycles. The molecule has 0 radical (unpaired) electrons. The summed E-state index contributed by atoms with van der Waals surface area (Å²) in [5.41, 5.74) is 2.26. The first-order chi connectivity index (χ1) is 14.0. The molecule has 146 valence electrons. The average molecular weight is 388 g/mol. The number of para-hydroxylation sites is 1. The number of fused-ring (bicyclic) bond motifs is 3. The summed E-state index contributed by atoms with van der Waals surface area (Å²) in [4.78, 5) is 16.8. The maximum absolute atomic E-state index is 13.4. The number of aromatic hydroxyl groups is 1. The van der Waals surface area contributed by atoms with Gasteiger partial charge in [0.1, 0.15) is 0 Å². The molecule has 4 N–H and O–H groups in total. The number of phenolic OH excluding ortho intramolecular Hbond substituents is 1. The molecule has 1 aromatic heterocycles. The van der Waals surface area contributed by atoms with Gasteiger partial charge in [-0.15, -0.1) is 0 Å². The van der Waals surface area contributed by atoms with Gasteiger partial charge in [-0.3, -0.25) is 4.79 Å². The van der Waals surface area contributed by atoms with Gasteiger partial charge in [-0.1, -0.05) is 18.2 Å². The van der Waals surface area contributed by atoms with E-state index in [-0.39, 0.29) is 23.6 Å². The third-order valence-corrected chi connectivity index (χ3v) is 7.78. The van der Waals surface area contributed by atoms with Crippen LogP contribution in [0.4, 0.5) is 0 Å². The average Bonchev–Trinajstić information content (AvgIpc) is 3.06. The number of benzene rings is 2. The normalized spacial score (nSPS) is 33.1. The zero-order chi connectivity index (χ0) is 19.5. The van der Waals surface area contributed by atoms with Crippen molar-refractivity contribution in [2.75, 3.05) is 6.54 Å². The van der Waals surface area contributed by atoms with E-state index in [2.05, 4.69) is 10.3 Å². The van der Waals surface area contributed by atoms with E-state index in [1.54, 1.807) is 6.07 Å². The topological polar surface area (TPSA) is 94.6 Å². The predicted octanol–water partition coefficient (Wildman–Crippen LogP) is 1.81. The summed E-state index contributed by atoms with van der Waals surface area (Å²) in [5, 5.41) is 26.9. The molecule has 1 spiro atoms. The van der Waals surface area contributed by atoms with E-state index in [0.717, 1.165) is 28.9 Å². The number of nitrogens with one attached hydrogen (secondary N) is 2. The summed E-state index contributed by atoms with van der Waals surface area (Å²) in [6.07, 6.45) is 1.08. The highest BCUT2D eigenvalue weighted by Crippen LogP contribution is 2.67. The lowest BCUT2D eigenvalue weighted by atomic mass is 9.49. The summed E-state index contributed by atoms with van der Waals surface area (Å²) < 4.78 is 6.40. The molecule has 2 bridgehead atoms. The van der Waals surface area contributed by atoms with Crippen molar-refractivity contribution in [3.05, 3.63) is 69.0 Å². The Kier molecular flexibility index (Phi) is 2.67. The molecule has 2 aliphatic carbocycles. The fourth-order valence-corrected chi connectivity index (χ4v) is 6.59. The number of phenols is 1. The largest absolute Gasteiger partial charge is 0.504 e. The van der Waals surface area contributed by atoms with Crippen LogP contribution in [0.25, 0.3) is 10.9 Å². The van der Waals surface area contributed by atoms with Crippen LogP contribution in [0.15, 0.2) is 41.2 Å². The second-order valence-corrected chi connectivity index (χ2v) is 8.87. The van der Waals surface area contributed by atoms with E-state index >= 15 is 0 Å². The molecule has 0 saturated carbocycles. The van der Waals surface area contributed by atoms with Gasteiger partial charge >= 0.3 is 0 Å². The number of hydrogen-bond donors (Lipinski definition) is 4. The molecule has 6 heteroatoms. The maximum atomic E-state index is 13.4. The van der Waals surface area contributed by atoms with Crippen LogP contribution in [-0.4, -0.2) is 33.4 Å². The van der Waals surface area contributed by atoms with E-state index in [0.29, 0.717) is 29.5 Å². The minimum atomic E-state index is -1.15. The number of rotatable bonds is 0. The van der Waals surface area contributed by atoms with Crippen molar-refractivity contribution in [2.45, 2.75) is 42.4 Å². The molecule has 29 heavy (non-hydrogen) atoms. The number of H-pyrrole nitrogens is 1. The van der Waals surface area contributed by atoms with Crippen LogP contribution in [-0.2, 0) is 18.3 Å². The molecular weight excluding hydrogens is 368 g/mol. The van der Waals surface area contributed by atoms with Gasteiger partial charge < -0.3 is 25.3 Å². The Balaban J connectivity index is 1.62. The third kappa shape index (κ3) is 1.59. The van der Waals surface area contributed by atoms with Crippen molar-refractivity contribution in [1.29, 1.82) is 0 Å². The third-order valence-electron chi connectivity index (χ3n) is 7.78. The highest BCUT2D eigenvalue weighted by Gasteiger charge is 2.71. The number of aliphatic hydroxyl groups is 1. The van der Waals surface area contributed by atoms with Crippen molar-refractivity contribution in [2.24, 2.45) is 0 Å². The van der Waals surface area contributed by atoms with Gasteiger partial charge in [-0.2, -0.15) is 0 Å². The lowest BCUT2D eigenvalue weighted by Crippen LogP contribution is -2.74. The molecule has 0 amide bonds. The zero-order valence-corrected chi connectivity index (χ0v) is 15.7. The summed E-state index contributed by atoms with van der Waals surface area (Å²) in [7, 11) is 0. The molecule has 6 nitrogen and oxygen atoms in total. The summed E-state index contributed by atoms with van der Waals surface area (Å²) >= 11 is 0. The number of hydrogen-bond acceptors (Lipinski definition) is 5. The number of aromatic amines is 1. The summed E-state index contributed by atoms with van der Waals surface area (Å²) in [6, 6.07) is 10.9. The Morgan fingerprint density at radius 2 is 2.03 bits per heavy atom. The number of pyridine rings is 1. The Labute approximate surface area is 166 Å². The molecule has 1 saturated heterocycles. The number of ether oxygens (including phenoxy) is 1. The van der Waals surface area contributed by atoms with Crippen molar-refractivity contribution >= 4 is 10.9 Å². The first-order valence-corrected chi connectivity index (χ1v) is 10.2. The van der Waals surface area contributed by atoms with Gasteiger partial charge in [0.2, 0.25) is 0 Å². The van der Waals surface area contributed by atoms with Crippen molar-refractivity contribution in [1.82, 2.24) is 10.3 Å². The fourth-order valence-electron chi connectivity index (χ4n) is 6.59. The smallest absolute Gasteiger partial charge is 0.193 e. The first-order valence-electron chi connectivity index (χ1n) is 10.2. The lowest BCUT2D eigenvalue weighted by molar-refractivity contribution is -0.134. The van der Waals surface area contributed by atoms with Gasteiger partial charge in [-0.25, -0.2) is 0 Å². The lowest BCUT2D eigenvalue weighted by Gasteiger charge is -2.60. The maximum Gasteiger partial charge on any atom is 0.193 e. The second-order valence-electron chi connectivity index (χ2n) is 8.87. The number of piperidine rings is 1. The highest BCUT2D eigenvalue weighted by atomic mass is 16.5. The fraction of sp³-hybridized carbons (Fsp3) is 0.348. The Hall–Kier alpha value is -2.83. The first kappa shape index (κ1) is 16.0. The second kappa shape index (κ2) is 4.83. The van der Waals surface area contributed by atoms with Crippen molar-refractivity contribution in [3.8, 4) is 11.5 Å². The number of aromatic nitrogens is 1. The van der Waals surface area contributed by atoms with Crippen LogP contribution < -0.4 is 15.5 Å². The Morgan fingerprint density at radius 3 is 2.93 bits per heavy atom. The summed E-state index contributed by atoms with van der Waals surface area (Å²) in [6.45, 7) is 0.758. The molecule has 3 aromatic rings. The van der Waals surface area contributed by atoms with Crippen LogP contribution in [0.3, 0.4) is 0 Å². The minimum absolute atomic E-state index is 0.0507. The predicted molar refractivity (Wildman–Crippen MR) is 106 cm³/mol. The highest BCUT2D eigenvalue weighted by molar-refractivity contribution is 5.80. The van der Waals surface area contributed by atoms with Gasteiger partial charge in [0.15, 0.2) is 23.0 Å². The van der Waals surface area contributed by atoms with Gasteiger partial charge in [0.05, 0.1) is 16.7 Å². The zero-order valence-electron chi connectivity index (χ0n) is 15.7. The van der Waals surface area contributed by atoms with Crippen LogP contribution in [0.1, 0.15) is 34.9 Å².